The second kappa shape index (κ2) is 10.2. The summed E-state index contributed by atoms with van der Waals surface area (Å²) in [6.45, 7) is 5.52. The van der Waals surface area contributed by atoms with E-state index < -0.39 is 0 Å². The van der Waals surface area contributed by atoms with Crippen LogP contribution in [-0.4, -0.2) is 85.8 Å². The van der Waals surface area contributed by atoms with Gasteiger partial charge in [-0.25, -0.2) is 4.98 Å². The molecule has 0 spiro atoms. The number of hydrogen-bond donors (Lipinski definition) is 2. The number of ether oxygens (including phenoxy) is 2. The summed E-state index contributed by atoms with van der Waals surface area (Å²) in [5, 5.41) is 5.72. The first kappa shape index (κ1) is 20.2. The van der Waals surface area contributed by atoms with Crippen molar-refractivity contribution < 1.29 is 19.1 Å². The van der Waals surface area contributed by atoms with Crippen LogP contribution in [0.4, 0.5) is 0 Å². The molecule has 1 aliphatic heterocycles. The number of imidazole rings is 1. The lowest BCUT2D eigenvalue weighted by Gasteiger charge is -2.26. The summed E-state index contributed by atoms with van der Waals surface area (Å²) in [6.07, 6.45) is 2.44. The van der Waals surface area contributed by atoms with Crippen LogP contribution in [0.25, 0.3) is 5.52 Å². The lowest BCUT2D eigenvalue weighted by molar-refractivity contribution is 0.0383. The molecule has 9 heteroatoms. The number of fused-ring (bicyclic) bond motifs is 1. The zero-order valence-corrected chi connectivity index (χ0v) is 16.1. The monoisotopic (exact) mass is 389 g/mol. The molecule has 152 valence electrons. The van der Waals surface area contributed by atoms with Crippen LogP contribution in [0.1, 0.15) is 27.5 Å². The van der Waals surface area contributed by atoms with Gasteiger partial charge in [0.05, 0.1) is 18.7 Å². The standard InChI is InChI=1S/C19H27N5O4/c1-27-12-4-6-20-19(26)17-22-16(15-5-2-3-8-24(15)17)18(25)21-7-9-23-10-13-28-14-11-23/h2-3,5,8H,4,6-7,9-14H2,1H3,(H,20,26)(H,21,25). The molecule has 0 atom stereocenters. The highest BCUT2D eigenvalue weighted by molar-refractivity contribution is 6.02. The fourth-order valence-electron chi connectivity index (χ4n) is 3.10. The molecule has 1 fully saturated rings. The fourth-order valence-corrected chi connectivity index (χ4v) is 3.10. The van der Waals surface area contributed by atoms with Crippen molar-refractivity contribution >= 4 is 17.3 Å². The van der Waals surface area contributed by atoms with Gasteiger partial charge in [-0.1, -0.05) is 6.07 Å². The zero-order valence-electron chi connectivity index (χ0n) is 16.1. The Balaban J connectivity index is 1.65. The van der Waals surface area contributed by atoms with Crippen LogP contribution in [0.15, 0.2) is 24.4 Å². The minimum Gasteiger partial charge on any atom is -0.385 e. The molecule has 0 bridgehead atoms. The van der Waals surface area contributed by atoms with Gasteiger partial charge in [-0.2, -0.15) is 0 Å². The van der Waals surface area contributed by atoms with Crippen LogP contribution in [-0.2, 0) is 9.47 Å². The van der Waals surface area contributed by atoms with Crippen molar-refractivity contribution in [1.29, 1.82) is 0 Å². The summed E-state index contributed by atoms with van der Waals surface area (Å²) in [5.74, 6) is -0.397. The Hall–Kier alpha value is -2.49. The normalized spacial score (nSPS) is 14.9. The molecular weight excluding hydrogens is 362 g/mol. The molecule has 1 saturated heterocycles. The van der Waals surface area contributed by atoms with Gasteiger partial charge in [0.25, 0.3) is 11.8 Å². The van der Waals surface area contributed by atoms with E-state index in [4.69, 9.17) is 9.47 Å². The molecule has 3 rings (SSSR count). The Morgan fingerprint density at radius 3 is 2.75 bits per heavy atom. The first-order chi connectivity index (χ1) is 13.7. The fraction of sp³-hybridized carbons (Fsp3) is 0.526. The molecule has 0 radical (unpaired) electrons. The summed E-state index contributed by atoms with van der Waals surface area (Å²) >= 11 is 0. The van der Waals surface area contributed by atoms with Crippen molar-refractivity contribution in [2.75, 3.05) is 59.7 Å². The second-order valence-corrected chi connectivity index (χ2v) is 6.55. The minimum atomic E-state index is -0.315. The number of amides is 2. The van der Waals surface area contributed by atoms with Gasteiger partial charge in [0.15, 0.2) is 5.69 Å². The Labute approximate surface area is 164 Å². The average molecular weight is 389 g/mol. The summed E-state index contributed by atoms with van der Waals surface area (Å²) in [6, 6.07) is 5.41. The van der Waals surface area contributed by atoms with Gasteiger partial charge in [-0.3, -0.25) is 18.9 Å². The van der Waals surface area contributed by atoms with Crippen molar-refractivity contribution in [3.8, 4) is 0 Å². The molecule has 0 saturated carbocycles. The maximum Gasteiger partial charge on any atom is 0.287 e. The van der Waals surface area contributed by atoms with Crippen LogP contribution in [0.2, 0.25) is 0 Å². The number of nitrogens with zero attached hydrogens (tertiary/aromatic N) is 3. The van der Waals surface area contributed by atoms with E-state index in [1.54, 1.807) is 29.8 Å². The van der Waals surface area contributed by atoms with E-state index in [2.05, 4.69) is 20.5 Å². The molecule has 0 aliphatic carbocycles. The second-order valence-electron chi connectivity index (χ2n) is 6.55. The predicted octanol–water partition coefficient (Wildman–Crippen LogP) is 0.163. The predicted molar refractivity (Wildman–Crippen MR) is 104 cm³/mol. The van der Waals surface area contributed by atoms with Crippen LogP contribution in [0, 0.1) is 0 Å². The number of carbonyl (C=O) groups excluding carboxylic acids is 2. The van der Waals surface area contributed by atoms with Gasteiger partial charge in [-0.15, -0.1) is 0 Å². The van der Waals surface area contributed by atoms with Crippen molar-refractivity contribution in [3.05, 3.63) is 35.9 Å². The van der Waals surface area contributed by atoms with Crippen LogP contribution < -0.4 is 10.6 Å². The molecule has 0 aromatic carbocycles. The lowest BCUT2D eigenvalue weighted by Crippen LogP contribution is -2.41. The maximum absolute atomic E-state index is 12.7. The molecule has 2 amide bonds. The average Bonchev–Trinajstić information content (AvgIpc) is 3.12. The van der Waals surface area contributed by atoms with E-state index in [1.807, 2.05) is 6.07 Å². The number of morpholine rings is 1. The number of aromatic nitrogens is 2. The number of methoxy groups -OCH3 is 1. The van der Waals surface area contributed by atoms with Crippen molar-refractivity contribution in [1.82, 2.24) is 24.9 Å². The smallest absolute Gasteiger partial charge is 0.287 e. The molecule has 0 unspecified atom stereocenters. The molecule has 28 heavy (non-hydrogen) atoms. The number of rotatable bonds is 9. The molecule has 2 aromatic heterocycles. The molecule has 3 heterocycles. The van der Waals surface area contributed by atoms with Crippen molar-refractivity contribution in [3.63, 3.8) is 0 Å². The van der Waals surface area contributed by atoms with E-state index in [0.717, 1.165) is 32.8 Å². The summed E-state index contributed by atoms with van der Waals surface area (Å²) in [5.41, 5.74) is 0.859. The first-order valence-electron chi connectivity index (χ1n) is 9.53. The molecule has 2 N–H and O–H groups in total. The molecule has 1 aliphatic rings. The highest BCUT2D eigenvalue weighted by Crippen LogP contribution is 2.13. The minimum absolute atomic E-state index is 0.200. The topological polar surface area (TPSA) is 97.2 Å². The Bertz CT molecular complexity index is 801. The third-order valence-corrected chi connectivity index (χ3v) is 4.59. The summed E-state index contributed by atoms with van der Waals surface area (Å²) in [4.78, 5) is 31.7. The number of pyridine rings is 1. The largest absolute Gasteiger partial charge is 0.385 e. The van der Waals surface area contributed by atoms with E-state index in [1.165, 1.54) is 0 Å². The zero-order chi connectivity index (χ0) is 19.8. The molecule has 2 aromatic rings. The number of carbonyl (C=O) groups is 2. The Morgan fingerprint density at radius 1 is 1.18 bits per heavy atom. The van der Waals surface area contributed by atoms with Crippen LogP contribution >= 0.6 is 0 Å². The van der Waals surface area contributed by atoms with Crippen molar-refractivity contribution in [2.24, 2.45) is 0 Å². The third-order valence-electron chi connectivity index (χ3n) is 4.59. The van der Waals surface area contributed by atoms with E-state index in [9.17, 15) is 9.59 Å². The quantitative estimate of drug-likeness (QED) is 0.593. The van der Waals surface area contributed by atoms with E-state index >= 15 is 0 Å². The maximum atomic E-state index is 12.7. The SMILES string of the molecule is COCCCNC(=O)c1nc(C(=O)NCCN2CCOCC2)c2ccccn12. The third kappa shape index (κ3) is 5.06. The Kier molecular flexibility index (Phi) is 7.35. The van der Waals surface area contributed by atoms with E-state index in [-0.39, 0.29) is 23.3 Å². The number of hydrogen-bond acceptors (Lipinski definition) is 6. The van der Waals surface area contributed by atoms with Crippen molar-refractivity contribution in [2.45, 2.75) is 6.42 Å². The highest BCUT2D eigenvalue weighted by Gasteiger charge is 2.21. The van der Waals surface area contributed by atoms with Gasteiger partial charge in [0.1, 0.15) is 0 Å². The van der Waals surface area contributed by atoms with Gasteiger partial charge < -0.3 is 20.1 Å². The van der Waals surface area contributed by atoms with Gasteiger partial charge in [-0.05, 0) is 18.6 Å². The van der Waals surface area contributed by atoms with E-state index in [0.29, 0.717) is 31.6 Å². The number of nitrogens with one attached hydrogen (secondary N) is 2. The summed E-state index contributed by atoms with van der Waals surface area (Å²) in [7, 11) is 1.62. The van der Waals surface area contributed by atoms with Gasteiger partial charge in [0, 0.05) is 52.6 Å². The lowest BCUT2D eigenvalue weighted by atomic mass is 10.3. The molecular formula is C19H27N5O4. The van der Waals surface area contributed by atoms with Crippen LogP contribution in [0.3, 0.4) is 0 Å². The van der Waals surface area contributed by atoms with Gasteiger partial charge >= 0.3 is 0 Å². The first-order valence-corrected chi connectivity index (χ1v) is 9.53. The van der Waals surface area contributed by atoms with Gasteiger partial charge in [0.2, 0.25) is 5.82 Å². The Morgan fingerprint density at radius 2 is 1.96 bits per heavy atom. The molecule has 9 nitrogen and oxygen atoms in total. The highest BCUT2D eigenvalue weighted by atomic mass is 16.5. The van der Waals surface area contributed by atoms with Crippen LogP contribution in [0.5, 0.6) is 0 Å². The summed E-state index contributed by atoms with van der Waals surface area (Å²) < 4.78 is 11.9.